The van der Waals surface area contributed by atoms with Gasteiger partial charge in [0.1, 0.15) is 5.75 Å². The van der Waals surface area contributed by atoms with Crippen molar-refractivity contribution in [3.8, 4) is 5.75 Å². The predicted molar refractivity (Wildman–Crippen MR) is 93.2 cm³/mol. The Kier molecular flexibility index (Phi) is 4.29. The molecule has 3 nitrogen and oxygen atoms in total. The van der Waals surface area contributed by atoms with Crippen LogP contribution in [0.5, 0.6) is 5.75 Å². The fourth-order valence-corrected chi connectivity index (χ4v) is 2.70. The van der Waals surface area contributed by atoms with Crippen LogP contribution in [0.25, 0.3) is 6.08 Å². The van der Waals surface area contributed by atoms with Crippen LogP contribution >= 0.6 is 0 Å². The molecular formula is C20H19NO2. The second-order valence-corrected chi connectivity index (χ2v) is 5.67. The van der Waals surface area contributed by atoms with E-state index in [1.165, 1.54) is 0 Å². The van der Waals surface area contributed by atoms with Gasteiger partial charge in [0.05, 0.1) is 11.7 Å². The van der Waals surface area contributed by atoms with Gasteiger partial charge in [-0.2, -0.15) is 0 Å². The van der Waals surface area contributed by atoms with E-state index in [0.29, 0.717) is 17.7 Å². The van der Waals surface area contributed by atoms with Crippen LogP contribution in [0, 0.1) is 0 Å². The first-order chi connectivity index (χ1) is 11.1. The number of anilines is 1. The first-order valence-electron chi connectivity index (χ1n) is 7.66. The Bertz CT molecular complexity index is 762. The number of Topliss-reactive ketones (excluding diaryl/α,β-unsaturated/α-hetero) is 1. The van der Waals surface area contributed by atoms with Crippen molar-refractivity contribution >= 4 is 17.5 Å². The molecule has 2 aromatic rings. The van der Waals surface area contributed by atoms with Gasteiger partial charge in [-0.3, -0.25) is 4.79 Å². The molecule has 0 aliphatic carbocycles. The number of phenolic OH excluding ortho intramolecular Hbond substituents is 1. The number of nitrogens with zero attached hydrogens (tertiary/aromatic N) is 1. The number of benzene rings is 2. The van der Waals surface area contributed by atoms with Gasteiger partial charge in [0, 0.05) is 18.2 Å². The van der Waals surface area contributed by atoms with E-state index in [1.807, 2.05) is 72.6 Å². The smallest absolute Gasteiger partial charge is 0.162 e. The largest absolute Gasteiger partial charge is 0.506 e. The average molecular weight is 305 g/mol. The molecule has 116 valence electrons. The molecule has 1 N–H and O–H groups in total. The Morgan fingerprint density at radius 3 is 2.52 bits per heavy atom. The van der Waals surface area contributed by atoms with Gasteiger partial charge in [-0.15, -0.1) is 0 Å². The molecule has 0 saturated heterocycles. The van der Waals surface area contributed by atoms with Gasteiger partial charge in [-0.1, -0.05) is 54.6 Å². The lowest BCUT2D eigenvalue weighted by Crippen LogP contribution is -2.36. The lowest BCUT2D eigenvalue weighted by Gasteiger charge is -2.32. The Morgan fingerprint density at radius 2 is 1.78 bits per heavy atom. The Morgan fingerprint density at radius 1 is 1.09 bits per heavy atom. The second-order valence-electron chi connectivity index (χ2n) is 5.67. The van der Waals surface area contributed by atoms with E-state index in [1.54, 1.807) is 12.1 Å². The zero-order chi connectivity index (χ0) is 16.2. The van der Waals surface area contributed by atoms with Crippen molar-refractivity contribution in [1.29, 1.82) is 0 Å². The minimum atomic E-state index is -0.111. The van der Waals surface area contributed by atoms with Crippen LogP contribution in [0.4, 0.5) is 5.69 Å². The van der Waals surface area contributed by atoms with E-state index in [0.717, 1.165) is 5.56 Å². The zero-order valence-electron chi connectivity index (χ0n) is 13.0. The molecule has 3 heteroatoms. The molecule has 0 spiro atoms. The van der Waals surface area contributed by atoms with Gasteiger partial charge in [-0.05, 0) is 24.6 Å². The SMILES string of the molecule is CC1=CN(c2ccccc2O)C(/C=C/c2ccccc2)CC1=O. The first-order valence-corrected chi connectivity index (χ1v) is 7.66. The van der Waals surface area contributed by atoms with Crippen LogP contribution in [0.3, 0.4) is 0 Å². The van der Waals surface area contributed by atoms with Crippen molar-refractivity contribution in [2.24, 2.45) is 0 Å². The van der Waals surface area contributed by atoms with E-state index in [9.17, 15) is 9.90 Å². The van der Waals surface area contributed by atoms with E-state index in [-0.39, 0.29) is 17.6 Å². The van der Waals surface area contributed by atoms with Gasteiger partial charge in [0.2, 0.25) is 0 Å². The minimum absolute atomic E-state index is 0.111. The molecule has 2 aromatic carbocycles. The van der Waals surface area contributed by atoms with Gasteiger partial charge in [-0.25, -0.2) is 0 Å². The summed E-state index contributed by atoms with van der Waals surface area (Å²) >= 11 is 0. The van der Waals surface area contributed by atoms with Crippen molar-refractivity contribution < 1.29 is 9.90 Å². The van der Waals surface area contributed by atoms with Crippen LogP contribution in [0.15, 0.2) is 72.4 Å². The van der Waals surface area contributed by atoms with Crippen molar-refractivity contribution in [2.75, 3.05) is 4.90 Å². The van der Waals surface area contributed by atoms with Crippen molar-refractivity contribution in [3.05, 3.63) is 78.0 Å². The third-order valence-electron chi connectivity index (χ3n) is 3.99. The monoisotopic (exact) mass is 305 g/mol. The fraction of sp³-hybridized carbons (Fsp3) is 0.150. The number of carbonyl (C=O) groups excluding carboxylic acids is 1. The van der Waals surface area contributed by atoms with Gasteiger partial charge in [0.25, 0.3) is 0 Å². The molecule has 1 heterocycles. The number of hydrogen-bond acceptors (Lipinski definition) is 3. The number of hydrogen-bond donors (Lipinski definition) is 1. The molecule has 1 aliphatic heterocycles. The maximum Gasteiger partial charge on any atom is 0.162 e. The van der Waals surface area contributed by atoms with Gasteiger partial charge in [0.15, 0.2) is 5.78 Å². The number of aromatic hydroxyl groups is 1. The van der Waals surface area contributed by atoms with Crippen molar-refractivity contribution in [1.82, 2.24) is 0 Å². The molecule has 1 atom stereocenters. The predicted octanol–water partition coefficient (Wildman–Crippen LogP) is 4.16. The van der Waals surface area contributed by atoms with Crippen LogP contribution in [0.1, 0.15) is 18.9 Å². The van der Waals surface area contributed by atoms with Crippen LogP contribution < -0.4 is 4.90 Å². The summed E-state index contributed by atoms with van der Waals surface area (Å²) < 4.78 is 0. The maximum absolute atomic E-state index is 12.1. The van der Waals surface area contributed by atoms with E-state index >= 15 is 0 Å². The maximum atomic E-state index is 12.1. The first kappa shape index (κ1) is 15.1. The number of ketones is 1. The molecule has 0 radical (unpaired) electrons. The van der Waals surface area contributed by atoms with E-state index in [2.05, 4.69) is 0 Å². The summed E-state index contributed by atoms with van der Waals surface area (Å²) in [7, 11) is 0. The standard InChI is InChI=1S/C20H19NO2/c1-15-14-21(18-9-5-6-10-19(18)22)17(13-20(15)23)12-11-16-7-3-2-4-8-16/h2-12,14,17,22H,13H2,1H3/b12-11+. The molecule has 0 saturated carbocycles. The van der Waals surface area contributed by atoms with E-state index in [4.69, 9.17) is 0 Å². The number of carbonyl (C=O) groups is 1. The summed E-state index contributed by atoms with van der Waals surface area (Å²) in [6.45, 7) is 1.81. The second kappa shape index (κ2) is 6.53. The summed E-state index contributed by atoms with van der Waals surface area (Å²) in [6, 6.07) is 17.1. The zero-order valence-corrected chi connectivity index (χ0v) is 13.0. The minimum Gasteiger partial charge on any atom is -0.506 e. The third kappa shape index (κ3) is 3.34. The topological polar surface area (TPSA) is 40.5 Å². The molecule has 23 heavy (non-hydrogen) atoms. The fourth-order valence-electron chi connectivity index (χ4n) is 2.70. The lowest BCUT2D eigenvalue weighted by molar-refractivity contribution is -0.115. The quantitative estimate of drug-likeness (QED) is 0.925. The third-order valence-corrected chi connectivity index (χ3v) is 3.99. The lowest BCUT2D eigenvalue weighted by atomic mass is 9.98. The summed E-state index contributed by atoms with van der Waals surface area (Å²) in [6.07, 6.45) is 6.25. The van der Waals surface area contributed by atoms with E-state index < -0.39 is 0 Å². The molecular weight excluding hydrogens is 286 g/mol. The Balaban J connectivity index is 1.95. The van der Waals surface area contributed by atoms with Crippen LogP contribution in [0.2, 0.25) is 0 Å². The number of phenols is 1. The summed E-state index contributed by atoms with van der Waals surface area (Å²) in [5.74, 6) is 0.350. The Labute approximate surface area is 136 Å². The highest BCUT2D eigenvalue weighted by atomic mass is 16.3. The van der Waals surface area contributed by atoms with Gasteiger partial charge >= 0.3 is 0 Å². The van der Waals surface area contributed by atoms with Gasteiger partial charge < -0.3 is 10.0 Å². The van der Waals surface area contributed by atoms with Crippen molar-refractivity contribution in [3.63, 3.8) is 0 Å². The molecule has 0 bridgehead atoms. The molecule has 3 rings (SSSR count). The van der Waals surface area contributed by atoms with Crippen LogP contribution in [-0.2, 0) is 4.79 Å². The summed E-state index contributed by atoms with van der Waals surface area (Å²) in [4.78, 5) is 14.1. The number of para-hydroxylation sites is 2. The number of rotatable bonds is 3. The molecule has 0 amide bonds. The molecule has 1 aliphatic rings. The summed E-state index contributed by atoms with van der Waals surface area (Å²) in [5.41, 5.74) is 2.50. The highest BCUT2D eigenvalue weighted by Crippen LogP contribution is 2.32. The van der Waals surface area contributed by atoms with Crippen LogP contribution in [-0.4, -0.2) is 16.9 Å². The average Bonchev–Trinajstić information content (AvgIpc) is 2.57. The normalized spacial score (nSPS) is 18.3. The van der Waals surface area contributed by atoms with Crippen molar-refractivity contribution in [2.45, 2.75) is 19.4 Å². The Hall–Kier alpha value is -2.81. The highest BCUT2D eigenvalue weighted by Gasteiger charge is 2.26. The molecule has 0 fully saturated rings. The highest BCUT2D eigenvalue weighted by molar-refractivity contribution is 5.97. The molecule has 0 aromatic heterocycles. The summed E-state index contributed by atoms with van der Waals surface area (Å²) in [5, 5.41) is 10.1. The molecule has 1 unspecified atom stereocenters. The number of allylic oxidation sites excluding steroid dienone is 1.